The number of aliphatic hydroxyl groups excluding tert-OH is 1. The summed E-state index contributed by atoms with van der Waals surface area (Å²) in [7, 11) is -1.42. The second-order valence-electron chi connectivity index (χ2n) is 4.50. The molecule has 0 amide bonds. The van der Waals surface area contributed by atoms with Gasteiger partial charge >= 0.3 is 0 Å². The predicted octanol–water partition coefficient (Wildman–Crippen LogP) is 0.772. The minimum absolute atomic E-state index is 0.169. The second-order valence-corrected chi connectivity index (χ2v) is 6.81. The predicted molar refractivity (Wildman–Crippen MR) is 73.5 cm³/mol. The van der Waals surface area contributed by atoms with Crippen LogP contribution in [0, 0.1) is 11.3 Å². The SMILES string of the molecule is N#Cc1ccc(S(=O)N2CCC(O)(CO)C2)c(Br)c1. The van der Waals surface area contributed by atoms with Crippen LogP contribution >= 0.6 is 15.9 Å². The summed E-state index contributed by atoms with van der Waals surface area (Å²) in [5.41, 5.74) is -0.685. The maximum atomic E-state index is 12.4. The number of nitriles is 1. The number of hydrogen-bond acceptors (Lipinski definition) is 4. The van der Waals surface area contributed by atoms with Crippen LogP contribution in [0.5, 0.6) is 0 Å². The van der Waals surface area contributed by atoms with Crippen LogP contribution in [0.1, 0.15) is 12.0 Å². The lowest BCUT2D eigenvalue weighted by atomic mass is 10.1. The summed E-state index contributed by atoms with van der Waals surface area (Å²) in [5, 5.41) is 27.8. The Hall–Kier alpha value is -0.780. The Morgan fingerprint density at radius 2 is 2.32 bits per heavy atom. The first-order valence-corrected chi connectivity index (χ1v) is 7.59. The molecule has 2 N–H and O–H groups in total. The molecule has 2 atom stereocenters. The van der Waals surface area contributed by atoms with Gasteiger partial charge in [0, 0.05) is 17.6 Å². The van der Waals surface area contributed by atoms with E-state index in [-0.39, 0.29) is 13.2 Å². The number of β-amino-alcohol motifs (C(OH)–C–C–N with tert-alkyl or cyclic N) is 1. The Labute approximate surface area is 122 Å². The molecule has 1 aromatic carbocycles. The molecule has 0 aliphatic carbocycles. The molecule has 0 spiro atoms. The zero-order valence-corrected chi connectivity index (χ0v) is 12.4. The minimum Gasteiger partial charge on any atom is -0.393 e. The Morgan fingerprint density at radius 3 is 2.84 bits per heavy atom. The van der Waals surface area contributed by atoms with Gasteiger partial charge in [-0.2, -0.15) is 5.26 Å². The Kier molecular flexibility index (Phi) is 4.38. The molecule has 2 unspecified atom stereocenters. The quantitative estimate of drug-likeness (QED) is 0.848. The molecule has 1 aliphatic heterocycles. The first-order valence-electron chi connectivity index (χ1n) is 5.69. The van der Waals surface area contributed by atoms with Crippen LogP contribution in [-0.4, -0.2) is 44.0 Å². The van der Waals surface area contributed by atoms with Gasteiger partial charge in [0.1, 0.15) is 16.6 Å². The van der Waals surface area contributed by atoms with Crippen LogP contribution in [0.25, 0.3) is 0 Å². The van der Waals surface area contributed by atoms with Gasteiger partial charge in [-0.25, -0.2) is 8.51 Å². The van der Waals surface area contributed by atoms with Crippen molar-refractivity contribution in [3.8, 4) is 6.07 Å². The maximum Gasteiger partial charge on any atom is 0.128 e. The highest BCUT2D eigenvalue weighted by molar-refractivity contribution is 9.10. The summed E-state index contributed by atoms with van der Waals surface area (Å²) >= 11 is 3.30. The lowest BCUT2D eigenvalue weighted by Gasteiger charge is -2.20. The van der Waals surface area contributed by atoms with Crippen LogP contribution in [0.15, 0.2) is 27.6 Å². The van der Waals surface area contributed by atoms with Crippen molar-refractivity contribution in [2.45, 2.75) is 16.9 Å². The van der Waals surface area contributed by atoms with Crippen molar-refractivity contribution < 1.29 is 14.4 Å². The van der Waals surface area contributed by atoms with Crippen molar-refractivity contribution in [1.82, 2.24) is 4.31 Å². The molecule has 1 aliphatic rings. The van der Waals surface area contributed by atoms with Crippen LogP contribution < -0.4 is 0 Å². The smallest absolute Gasteiger partial charge is 0.128 e. The van der Waals surface area contributed by atoms with Crippen LogP contribution in [0.3, 0.4) is 0 Å². The summed E-state index contributed by atoms with van der Waals surface area (Å²) < 4.78 is 14.6. The van der Waals surface area contributed by atoms with Gasteiger partial charge in [0.05, 0.1) is 23.1 Å². The first-order chi connectivity index (χ1) is 8.99. The molecule has 1 heterocycles. The normalized spacial score (nSPS) is 25.2. The number of nitrogens with zero attached hydrogens (tertiary/aromatic N) is 2. The number of aliphatic hydroxyl groups is 2. The Morgan fingerprint density at radius 1 is 1.58 bits per heavy atom. The van der Waals surface area contributed by atoms with Crippen molar-refractivity contribution in [3.05, 3.63) is 28.2 Å². The van der Waals surface area contributed by atoms with E-state index < -0.39 is 16.6 Å². The van der Waals surface area contributed by atoms with Gasteiger partial charge in [0.15, 0.2) is 0 Å². The van der Waals surface area contributed by atoms with Crippen LogP contribution in [0.4, 0.5) is 0 Å². The molecule has 7 heteroatoms. The minimum atomic E-state index is -1.42. The van der Waals surface area contributed by atoms with Crippen molar-refractivity contribution >= 4 is 26.9 Å². The standard InChI is InChI=1S/C12H13BrN2O3S/c13-10-5-9(6-14)1-2-11(10)19(18)15-4-3-12(17,7-15)8-16/h1-2,5,16-17H,3-4,7-8H2. The van der Waals surface area contributed by atoms with Gasteiger partial charge in [0.25, 0.3) is 0 Å². The average molecular weight is 345 g/mol. The Balaban J connectivity index is 2.20. The highest BCUT2D eigenvalue weighted by Gasteiger charge is 2.38. The highest BCUT2D eigenvalue weighted by Crippen LogP contribution is 2.28. The van der Waals surface area contributed by atoms with E-state index >= 15 is 0 Å². The summed E-state index contributed by atoms with van der Waals surface area (Å²) in [5.74, 6) is 0. The molecule has 19 heavy (non-hydrogen) atoms. The molecule has 1 fully saturated rings. The molecule has 0 radical (unpaired) electrons. The molecule has 102 valence electrons. The molecule has 1 saturated heterocycles. The third kappa shape index (κ3) is 3.04. The molecule has 0 bridgehead atoms. The van der Waals surface area contributed by atoms with Crippen LogP contribution in [-0.2, 0) is 11.0 Å². The third-order valence-electron chi connectivity index (χ3n) is 3.08. The molecule has 0 saturated carbocycles. The summed E-state index contributed by atoms with van der Waals surface area (Å²) in [4.78, 5) is 0.557. The van der Waals surface area contributed by atoms with E-state index in [1.807, 2.05) is 6.07 Å². The van der Waals surface area contributed by atoms with Crippen molar-refractivity contribution in [1.29, 1.82) is 5.26 Å². The highest BCUT2D eigenvalue weighted by atomic mass is 79.9. The van der Waals surface area contributed by atoms with Gasteiger partial charge in [-0.15, -0.1) is 0 Å². The van der Waals surface area contributed by atoms with E-state index in [9.17, 15) is 9.32 Å². The molecule has 0 aromatic heterocycles. The fourth-order valence-corrected chi connectivity index (χ4v) is 4.04. The van der Waals surface area contributed by atoms with E-state index in [0.29, 0.717) is 27.9 Å². The second kappa shape index (κ2) is 5.69. The van der Waals surface area contributed by atoms with Gasteiger partial charge in [-0.05, 0) is 40.5 Å². The number of benzene rings is 1. The molecule has 1 aromatic rings. The monoisotopic (exact) mass is 344 g/mol. The number of halogens is 1. The van der Waals surface area contributed by atoms with Crippen molar-refractivity contribution in [3.63, 3.8) is 0 Å². The maximum absolute atomic E-state index is 12.4. The summed E-state index contributed by atoms with van der Waals surface area (Å²) in [6.07, 6.45) is 0.392. The average Bonchev–Trinajstić information content (AvgIpc) is 2.81. The summed E-state index contributed by atoms with van der Waals surface area (Å²) in [6, 6.07) is 6.86. The fraction of sp³-hybridized carbons (Fsp3) is 0.417. The summed E-state index contributed by atoms with van der Waals surface area (Å²) in [6.45, 7) is 0.286. The van der Waals surface area contributed by atoms with Gasteiger partial charge in [-0.1, -0.05) is 0 Å². The molecule has 2 rings (SSSR count). The topological polar surface area (TPSA) is 84.6 Å². The van der Waals surface area contributed by atoms with E-state index in [2.05, 4.69) is 15.9 Å². The molecule has 5 nitrogen and oxygen atoms in total. The van der Waals surface area contributed by atoms with E-state index in [1.54, 1.807) is 22.5 Å². The van der Waals surface area contributed by atoms with E-state index in [0.717, 1.165) is 0 Å². The lowest BCUT2D eigenvalue weighted by Crippen LogP contribution is -2.37. The van der Waals surface area contributed by atoms with E-state index in [1.165, 1.54) is 0 Å². The number of rotatable bonds is 3. The Bertz CT molecular complexity index is 560. The molecular weight excluding hydrogens is 332 g/mol. The van der Waals surface area contributed by atoms with Crippen LogP contribution in [0.2, 0.25) is 0 Å². The molecular formula is C12H13BrN2O3S. The van der Waals surface area contributed by atoms with Crippen molar-refractivity contribution in [2.75, 3.05) is 19.7 Å². The largest absolute Gasteiger partial charge is 0.393 e. The van der Waals surface area contributed by atoms with Crippen molar-refractivity contribution in [2.24, 2.45) is 0 Å². The van der Waals surface area contributed by atoms with Gasteiger partial charge < -0.3 is 10.2 Å². The zero-order valence-electron chi connectivity index (χ0n) is 10.0. The van der Waals surface area contributed by atoms with E-state index in [4.69, 9.17) is 10.4 Å². The third-order valence-corrected chi connectivity index (χ3v) is 5.51. The zero-order chi connectivity index (χ0) is 14.0. The van der Waals surface area contributed by atoms with Gasteiger partial charge in [0.2, 0.25) is 0 Å². The lowest BCUT2D eigenvalue weighted by molar-refractivity contribution is -0.000503. The van der Waals surface area contributed by atoms with Gasteiger partial charge in [-0.3, -0.25) is 0 Å². The fourth-order valence-electron chi connectivity index (χ4n) is 1.94. The number of hydrogen-bond donors (Lipinski definition) is 2. The first kappa shape index (κ1) is 14.6.